The quantitative estimate of drug-likeness (QED) is 0.383. The van der Waals surface area contributed by atoms with Gasteiger partial charge in [-0.1, -0.05) is 18.2 Å². The van der Waals surface area contributed by atoms with Crippen LogP contribution in [0.25, 0.3) is 22.2 Å². The van der Waals surface area contributed by atoms with E-state index in [1.54, 1.807) is 36.1 Å². The number of rotatable bonds is 7. The summed E-state index contributed by atoms with van der Waals surface area (Å²) in [5.74, 6) is -0.0679. The molecule has 3 N–H and O–H groups in total. The maximum atomic E-state index is 13.3. The second kappa shape index (κ2) is 9.36. The fraction of sp³-hybridized carbons (Fsp3) is 0.250. The van der Waals surface area contributed by atoms with E-state index in [-0.39, 0.29) is 30.6 Å². The molecule has 0 aliphatic rings. The van der Waals surface area contributed by atoms with E-state index in [0.717, 1.165) is 21.4 Å². The summed E-state index contributed by atoms with van der Waals surface area (Å²) in [6, 6.07) is 9.30. The highest BCUT2D eigenvalue weighted by Crippen LogP contribution is 2.27. The average Bonchev–Trinajstić information content (AvgIpc) is 3.17. The maximum absolute atomic E-state index is 13.3. The van der Waals surface area contributed by atoms with Gasteiger partial charge >= 0.3 is 0 Å². The molecular weight excluding hydrogens is 436 g/mol. The second-order valence-corrected chi connectivity index (χ2v) is 7.91. The Morgan fingerprint density at radius 2 is 1.94 bits per heavy atom. The minimum atomic E-state index is -0.320. The lowest BCUT2D eigenvalue weighted by molar-refractivity contribution is 0.0936. The molecule has 1 amide bonds. The van der Waals surface area contributed by atoms with Crippen molar-refractivity contribution in [3.8, 4) is 11.1 Å². The molecule has 4 aromatic rings. The zero-order chi connectivity index (χ0) is 24.4. The Morgan fingerprint density at radius 1 is 1.21 bits per heavy atom. The second-order valence-electron chi connectivity index (χ2n) is 7.91. The van der Waals surface area contributed by atoms with Crippen molar-refractivity contribution in [3.05, 3.63) is 69.9 Å². The summed E-state index contributed by atoms with van der Waals surface area (Å²) >= 11 is 0. The van der Waals surface area contributed by atoms with E-state index in [9.17, 15) is 9.59 Å². The third kappa shape index (κ3) is 4.23. The van der Waals surface area contributed by atoms with Gasteiger partial charge < -0.3 is 25.1 Å². The lowest BCUT2D eigenvalue weighted by Gasteiger charge is -2.14. The van der Waals surface area contributed by atoms with E-state index in [1.165, 1.54) is 7.11 Å². The van der Waals surface area contributed by atoms with Crippen LogP contribution >= 0.6 is 0 Å². The molecule has 10 nitrogen and oxygen atoms in total. The number of anilines is 2. The van der Waals surface area contributed by atoms with Gasteiger partial charge in [-0.2, -0.15) is 4.98 Å². The SMILES string of the molecule is COn1c(=O)c(-c2c(C)cccc2C)cc2cnc(Nc3cc(C(=O)NCCO)n(C)c3)nc21. The summed E-state index contributed by atoms with van der Waals surface area (Å²) in [5, 5.41) is 15.2. The lowest BCUT2D eigenvalue weighted by Crippen LogP contribution is -2.27. The molecule has 0 fully saturated rings. The van der Waals surface area contributed by atoms with Crippen molar-refractivity contribution < 1.29 is 14.7 Å². The zero-order valence-corrected chi connectivity index (χ0v) is 19.4. The first kappa shape index (κ1) is 23.0. The maximum Gasteiger partial charge on any atom is 0.292 e. The van der Waals surface area contributed by atoms with Gasteiger partial charge in [0.05, 0.1) is 17.9 Å². The number of nitrogens with zero attached hydrogens (tertiary/aromatic N) is 4. The molecule has 0 atom stereocenters. The van der Waals surface area contributed by atoms with Crippen LogP contribution in [0.4, 0.5) is 11.6 Å². The smallest absolute Gasteiger partial charge is 0.292 e. The van der Waals surface area contributed by atoms with Crippen LogP contribution < -0.4 is 21.0 Å². The monoisotopic (exact) mass is 462 g/mol. The number of pyridine rings is 1. The molecule has 0 aliphatic carbocycles. The number of aromatic nitrogens is 4. The molecule has 10 heteroatoms. The molecule has 0 saturated heterocycles. The number of aliphatic hydroxyl groups is 1. The molecule has 176 valence electrons. The predicted molar refractivity (Wildman–Crippen MR) is 129 cm³/mol. The Kier molecular flexibility index (Phi) is 6.33. The van der Waals surface area contributed by atoms with Crippen LogP contribution in [0.2, 0.25) is 0 Å². The Hall–Kier alpha value is -4.18. The van der Waals surface area contributed by atoms with Crippen LogP contribution in [0, 0.1) is 13.8 Å². The van der Waals surface area contributed by atoms with E-state index < -0.39 is 0 Å². The fourth-order valence-corrected chi connectivity index (χ4v) is 3.97. The van der Waals surface area contributed by atoms with Crippen molar-refractivity contribution in [1.82, 2.24) is 24.6 Å². The van der Waals surface area contributed by atoms with Crippen LogP contribution in [-0.2, 0) is 7.05 Å². The largest absolute Gasteiger partial charge is 0.412 e. The number of fused-ring (bicyclic) bond motifs is 1. The number of hydrogen-bond donors (Lipinski definition) is 3. The highest BCUT2D eigenvalue weighted by atomic mass is 16.6. The number of aryl methyl sites for hydroxylation is 3. The first-order chi connectivity index (χ1) is 16.3. The minimum Gasteiger partial charge on any atom is -0.412 e. The minimum absolute atomic E-state index is 0.140. The van der Waals surface area contributed by atoms with Crippen LogP contribution in [0.3, 0.4) is 0 Å². The molecule has 4 rings (SSSR count). The molecule has 34 heavy (non-hydrogen) atoms. The summed E-state index contributed by atoms with van der Waals surface area (Å²) in [7, 11) is 3.15. The van der Waals surface area contributed by atoms with E-state index in [0.29, 0.717) is 28.0 Å². The van der Waals surface area contributed by atoms with Gasteiger partial charge in [0.2, 0.25) is 5.95 Å². The number of carbonyl (C=O) groups excluding carboxylic acids is 1. The van der Waals surface area contributed by atoms with E-state index in [4.69, 9.17) is 9.94 Å². The third-order valence-electron chi connectivity index (χ3n) is 5.53. The van der Waals surface area contributed by atoms with E-state index in [2.05, 4.69) is 20.6 Å². The van der Waals surface area contributed by atoms with E-state index in [1.807, 2.05) is 32.0 Å². The van der Waals surface area contributed by atoms with Crippen molar-refractivity contribution in [2.24, 2.45) is 7.05 Å². The van der Waals surface area contributed by atoms with Crippen LogP contribution in [0.1, 0.15) is 21.6 Å². The molecule has 0 aliphatic heterocycles. The Balaban J connectivity index is 1.73. The predicted octanol–water partition coefficient (Wildman–Crippen LogP) is 1.94. The summed E-state index contributed by atoms with van der Waals surface area (Å²) in [6.07, 6.45) is 3.34. The highest BCUT2D eigenvalue weighted by Gasteiger charge is 2.17. The summed E-state index contributed by atoms with van der Waals surface area (Å²) in [5.41, 5.74) is 4.34. The average molecular weight is 463 g/mol. The van der Waals surface area contributed by atoms with Crippen molar-refractivity contribution in [1.29, 1.82) is 0 Å². The topological polar surface area (TPSA) is 123 Å². The molecule has 0 spiro atoms. The van der Waals surface area contributed by atoms with Gasteiger partial charge in [0.1, 0.15) is 12.8 Å². The number of amides is 1. The molecule has 1 aromatic carbocycles. The van der Waals surface area contributed by atoms with Crippen LogP contribution in [0.15, 0.2) is 47.5 Å². The first-order valence-corrected chi connectivity index (χ1v) is 10.7. The van der Waals surface area contributed by atoms with E-state index >= 15 is 0 Å². The van der Waals surface area contributed by atoms with Gasteiger partial charge in [-0.05, 0) is 42.7 Å². The van der Waals surface area contributed by atoms with Crippen molar-refractivity contribution in [3.63, 3.8) is 0 Å². The summed E-state index contributed by atoms with van der Waals surface area (Å²) in [4.78, 5) is 39.8. The molecule has 0 unspecified atom stereocenters. The normalized spacial score (nSPS) is 11.0. The summed E-state index contributed by atoms with van der Waals surface area (Å²) < 4.78 is 2.81. The standard InChI is InChI=1S/C24H26N6O4/c1-14-6-5-7-15(2)20(14)18-10-16-12-26-24(28-21(16)30(34-4)23(18)33)27-17-11-19(29(3)13-17)22(32)25-8-9-31/h5-7,10-13,31H,8-9H2,1-4H3,(H,25,32)(H,26,27,28). The number of hydrogen-bond acceptors (Lipinski definition) is 7. The van der Waals surface area contributed by atoms with Gasteiger partial charge in [-0.15, -0.1) is 4.73 Å². The van der Waals surface area contributed by atoms with Gasteiger partial charge in [0.15, 0.2) is 5.65 Å². The highest BCUT2D eigenvalue weighted by molar-refractivity contribution is 5.94. The van der Waals surface area contributed by atoms with Gasteiger partial charge in [-0.25, -0.2) is 4.98 Å². The Bertz CT molecular complexity index is 1420. The zero-order valence-electron chi connectivity index (χ0n) is 19.4. The number of nitrogens with one attached hydrogen (secondary N) is 2. The number of benzene rings is 1. The molecule has 3 aromatic heterocycles. The van der Waals surface area contributed by atoms with Gasteiger partial charge in [0, 0.05) is 31.4 Å². The molecule has 0 bridgehead atoms. The van der Waals surface area contributed by atoms with Crippen molar-refractivity contribution in [2.75, 3.05) is 25.6 Å². The fourth-order valence-electron chi connectivity index (χ4n) is 3.97. The van der Waals surface area contributed by atoms with Crippen LogP contribution in [-0.4, -0.2) is 50.5 Å². The molecular formula is C24H26N6O4. The summed E-state index contributed by atoms with van der Waals surface area (Å²) in [6.45, 7) is 3.95. The molecule has 3 heterocycles. The van der Waals surface area contributed by atoms with Gasteiger partial charge in [-0.3, -0.25) is 9.59 Å². The van der Waals surface area contributed by atoms with Crippen molar-refractivity contribution in [2.45, 2.75) is 13.8 Å². The lowest BCUT2D eigenvalue weighted by atomic mass is 9.96. The number of carbonyl (C=O) groups is 1. The molecule has 0 saturated carbocycles. The third-order valence-corrected chi connectivity index (χ3v) is 5.53. The Morgan fingerprint density at radius 3 is 2.62 bits per heavy atom. The molecule has 0 radical (unpaired) electrons. The first-order valence-electron chi connectivity index (χ1n) is 10.7. The number of aliphatic hydroxyl groups excluding tert-OH is 1. The van der Waals surface area contributed by atoms with Crippen LogP contribution in [0.5, 0.6) is 0 Å². The Labute approximate surface area is 195 Å². The van der Waals surface area contributed by atoms with Crippen molar-refractivity contribution >= 4 is 28.6 Å². The van der Waals surface area contributed by atoms with Gasteiger partial charge in [0.25, 0.3) is 11.5 Å².